The molecule has 0 aromatic heterocycles. The summed E-state index contributed by atoms with van der Waals surface area (Å²) in [5.74, 6) is -1.10. The number of morpholine rings is 1. The molecule has 0 bridgehead atoms. The highest BCUT2D eigenvalue weighted by Crippen LogP contribution is 2.13. The highest BCUT2D eigenvalue weighted by Gasteiger charge is 2.29. The number of hydrogen-bond acceptors (Lipinski definition) is 4. The Bertz CT molecular complexity index is 255. The largest absolute Gasteiger partial charge is 0.481 e. The van der Waals surface area contributed by atoms with Crippen LogP contribution in [0.1, 0.15) is 13.3 Å². The van der Waals surface area contributed by atoms with E-state index in [1.807, 2.05) is 0 Å². The van der Waals surface area contributed by atoms with E-state index >= 15 is 0 Å². The lowest BCUT2D eigenvalue weighted by Gasteiger charge is -2.36. The maximum absolute atomic E-state index is 11.1. The van der Waals surface area contributed by atoms with Crippen molar-refractivity contribution in [1.82, 2.24) is 4.90 Å². The third kappa shape index (κ3) is 3.49. The molecule has 0 aromatic rings. The summed E-state index contributed by atoms with van der Waals surface area (Å²) in [7, 11) is 0. The van der Waals surface area contributed by atoms with Gasteiger partial charge in [0.05, 0.1) is 25.2 Å². The summed E-state index contributed by atoms with van der Waals surface area (Å²) in [6, 6.07) is 0. The van der Waals surface area contributed by atoms with Gasteiger partial charge in [-0.25, -0.2) is 0 Å². The van der Waals surface area contributed by atoms with Gasteiger partial charge in [0.15, 0.2) is 0 Å². The van der Waals surface area contributed by atoms with Crippen LogP contribution in [-0.4, -0.2) is 58.9 Å². The molecular formula is C9H15NO5. The van der Waals surface area contributed by atoms with Gasteiger partial charge in [-0.15, -0.1) is 0 Å². The van der Waals surface area contributed by atoms with Crippen LogP contribution >= 0.6 is 0 Å². The van der Waals surface area contributed by atoms with E-state index in [0.717, 1.165) is 0 Å². The maximum atomic E-state index is 11.1. The van der Waals surface area contributed by atoms with Gasteiger partial charge in [-0.1, -0.05) is 0 Å². The monoisotopic (exact) mass is 217 g/mol. The Morgan fingerprint density at radius 3 is 2.47 bits per heavy atom. The second-order valence-electron chi connectivity index (χ2n) is 3.58. The van der Waals surface area contributed by atoms with Crippen molar-refractivity contribution in [3.63, 3.8) is 0 Å². The maximum Gasteiger partial charge on any atom is 0.306 e. The molecule has 2 atom stereocenters. The number of rotatable bonds is 3. The third-order valence-corrected chi connectivity index (χ3v) is 2.28. The molecule has 2 N–H and O–H groups in total. The van der Waals surface area contributed by atoms with Gasteiger partial charge in [-0.05, 0) is 0 Å². The first-order chi connectivity index (χ1) is 7.02. The van der Waals surface area contributed by atoms with Gasteiger partial charge in [0, 0.05) is 20.0 Å². The average molecular weight is 217 g/mol. The quantitative estimate of drug-likeness (QED) is 0.637. The second-order valence-corrected chi connectivity index (χ2v) is 3.58. The molecule has 0 spiro atoms. The van der Waals surface area contributed by atoms with Crippen LogP contribution in [0.3, 0.4) is 0 Å². The minimum atomic E-state index is -0.970. The number of aliphatic hydroxyl groups is 1. The summed E-state index contributed by atoms with van der Waals surface area (Å²) in [5.41, 5.74) is 0. The topological polar surface area (TPSA) is 87.1 Å². The number of carboxylic acid groups (broad SMARTS) is 1. The molecule has 2 unspecified atom stereocenters. The summed E-state index contributed by atoms with van der Waals surface area (Å²) in [4.78, 5) is 23.1. The fourth-order valence-corrected chi connectivity index (χ4v) is 1.59. The lowest BCUT2D eigenvalue weighted by molar-refractivity contribution is -0.156. The Hall–Kier alpha value is -1.14. The molecule has 0 saturated carbocycles. The molecule has 86 valence electrons. The average Bonchev–Trinajstić information content (AvgIpc) is 2.16. The molecule has 1 heterocycles. The van der Waals surface area contributed by atoms with Crippen LogP contribution in [0.4, 0.5) is 0 Å². The predicted molar refractivity (Wildman–Crippen MR) is 50.3 cm³/mol. The van der Waals surface area contributed by atoms with Crippen LogP contribution in [0, 0.1) is 0 Å². The second kappa shape index (κ2) is 5.09. The molecule has 0 aliphatic carbocycles. The Kier molecular flexibility index (Phi) is 4.05. The van der Waals surface area contributed by atoms with E-state index in [1.165, 1.54) is 11.8 Å². The van der Waals surface area contributed by atoms with E-state index in [4.69, 9.17) is 14.9 Å². The number of carboxylic acids is 1. The van der Waals surface area contributed by atoms with Gasteiger partial charge in [0.25, 0.3) is 0 Å². The van der Waals surface area contributed by atoms with E-state index in [1.54, 1.807) is 0 Å². The van der Waals surface area contributed by atoms with E-state index in [-0.39, 0.29) is 25.5 Å². The van der Waals surface area contributed by atoms with Crippen LogP contribution in [0.25, 0.3) is 0 Å². The number of amides is 1. The van der Waals surface area contributed by atoms with Gasteiger partial charge in [-0.2, -0.15) is 0 Å². The zero-order valence-electron chi connectivity index (χ0n) is 8.55. The van der Waals surface area contributed by atoms with Crippen LogP contribution in [-0.2, 0) is 14.3 Å². The van der Waals surface area contributed by atoms with Crippen molar-refractivity contribution in [2.45, 2.75) is 25.6 Å². The van der Waals surface area contributed by atoms with Crippen molar-refractivity contribution in [3.8, 4) is 0 Å². The summed E-state index contributed by atoms with van der Waals surface area (Å²) in [6.45, 7) is 1.80. The van der Waals surface area contributed by atoms with E-state index in [2.05, 4.69) is 0 Å². The molecule has 1 aliphatic heterocycles. The van der Waals surface area contributed by atoms with Gasteiger partial charge < -0.3 is 19.8 Å². The van der Waals surface area contributed by atoms with Crippen molar-refractivity contribution in [2.75, 3.05) is 19.7 Å². The Morgan fingerprint density at radius 1 is 1.40 bits per heavy atom. The molecule has 1 saturated heterocycles. The smallest absolute Gasteiger partial charge is 0.306 e. The van der Waals surface area contributed by atoms with Crippen molar-refractivity contribution in [2.24, 2.45) is 0 Å². The molecule has 0 radical (unpaired) electrons. The molecule has 1 fully saturated rings. The summed E-state index contributed by atoms with van der Waals surface area (Å²) < 4.78 is 5.30. The SMILES string of the molecule is CC(=O)N1CC(CO)OC(CC(=O)O)C1. The van der Waals surface area contributed by atoms with Crippen LogP contribution in [0.5, 0.6) is 0 Å². The van der Waals surface area contributed by atoms with Crippen molar-refractivity contribution >= 4 is 11.9 Å². The fourth-order valence-electron chi connectivity index (χ4n) is 1.59. The Labute approximate surface area is 87.4 Å². The first kappa shape index (κ1) is 11.9. The molecule has 6 nitrogen and oxygen atoms in total. The standard InChI is InChI=1S/C9H15NO5/c1-6(12)10-3-7(2-9(13)14)15-8(4-10)5-11/h7-8,11H,2-5H2,1H3,(H,13,14). The minimum Gasteiger partial charge on any atom is -0.481 e. The van der Waals surface area contributed by atoms with Crippen LogP contribution < -0.4 is 0 Å². The first-order valence-electron chi connectivity index (χ1n) is 4.76. The third-order valence-electron chi connectivity index (χ3n) is 2.28. The minimum absolute atomic E-state index is 0.132. The number of aliphatic hydroxyl groups excluding tert-OH is 1. The number of nitrogens with zero attached hydrogens (tertiary/aromatic N) is 1. The normalized spacial score (nSPS) is 26.4. The number of carbonyl (C=O) groups excluding carboxylic acids is 1. The van der Waals surface area contributed by atoms with Crippen molar-refractivity contribution in [3.05, 3.63) is 0 Å². The first-order valence-corrected chi connectivity index (χ1v) is 4.76. The van der Waals surface area contributed by atoms with Gasteiger partial charge in [0.2, 0.25) is 5.91 Å². The number of carbonyl (C=O) groups is 2. The van der Waals surface area contributed by atoms with E-state index in [9.17, 15) is 9.59 Å². The zero-order chi connectivity index (χ0) is 11.4. The summed E-state index contributed by atoms with van der Waals surface area (Å²) in [5, 5.41) is 17.5. The van der Waals surface area contributed by atoms with E-state index in [0.29, 0.717) is 6.54 Å². The summed E-state index contributed by atoms with van der Waals surface area (Å²) in [6.07, 6.45) is -1.16. The van der Waals surface area contributed by atoms with Gasteiger partial charge in [0.1, 0.15) is 0 Å². The molecule has 6 heteroatoms. The van der Waals surface area contributed by atoms with Gasteiger partial charge in [-0.3, -0.25) is 9.59 Å². The molecule has 1 rings (SSSR count). The van der Waals surface area contributed by atoms with Crippen LogP contribution in [0.15, 0.2) is 0 Å². The molecule has 1 amide bonds. The predicted octanol–water partition coefficient (Wildman–Crippen LogP) is -0.931. The van der Waals surface area contributed by atoms with Crippen molar-refractivity contribution < 1.29 is 24.5 Å². The summed E-state index contributed by atoms with van der Waals surface area (Å²) >= 11 is 0. The number of hydrogen-bond donors (Lipinski definition) is 2. The number of ether oxygens (including phenoxy) is 1. The molecule has 15 heavy (non-hydrogen) atoms. The Balaban J connectivity index is 2.58. The highest BCUT2D eigenvalue weighted by molar-refractivity contribution is 5.73. The van der Waals surface area contributed by atoms with Gasteiger partial charge >= 0.3 is 5.97 Å². The van der Waals surface area contributed by atoms with E-state index < -0.39 is 18.2 Å². The molecule has 1 aliphatic rings. The lowest BCUT2D eigenvalue weighted by atomic mass is 10.1. The molecule has 0 aromatic carbocycles. The van der Waals surface area contributed by atoms with Crippen LogP contribution in [0.2, 0.25) is 0 Å². The van der Waals surface area contributed by atoms with Crippen molar-refractivity contribution in [1.29, 1.82) is 0 Å². The number of aliphatic carboxylic acids is 1. The zero-order valence-corrected chi connectivity index (χ0v) is 8.55. The lowest BCUT2D eigenvalue weighted by Crippen LogP contribution is -2.51. The fraction of sp³-hybridized carbons (Fsp3) is 0.778. The highest BCUT2D eigenvalue weighted by atomic mass is 16.5. The Morgan fingerprint density at radius 2 is 2.00 bits per heavy atom. The molecular weight excluding hydrogens is 202 g/mol.